The molecule has 2 N–H and O–H groups in total. The average Bonchev–Trinajstić information content (AvgIpc) is 2.84. The van der Waals surface area contributed by atoms with Gasteiger partial charge >= 0.3 is 0 Å². The molecule has 1 atom stereocenters. The number of pyridine rings is 1. The Morgan fingerprint density at radius 3 is 2.59 bits per heavy atom. The van der Waals surface area contributed by atoms with Crippen LogP contribution in [0.5, 0.6) is 0 Å². The molecule has 2 heterocycles. The Morgan fingerprint density at radius 1 is 1.15 bits per heavy atom. The van der Waals surface area contributed by atoms with E-state index in [1.807, 2.05) is 12.1 Å². The van der Waals surface area contributed by atoms with Crippen molar-refractivity contribution in [1.82, 2.24) is 10.3 Å². The van der Waals surface area contributed by atoms with Crippen LogP contribution < -0.4 is 10.2 Å². The van der Waals surface area contributed by atoms with Crippen molar-refractivity contribution >= 4 is 43.8 Å². The monoisotopic (exact) mass is 501 g/mol. The number of hydrogen-bond acceptors (Lipinski definition) is 6. The first-order valence-electron chi connectivity index (χ1n) is 11.3. The molecular weight excluding hydrogens is 474 g/mol. The summed E-state index contributed by atoms with van der Waals surface area (Å²) < 4.78 is 26.2. The lowest BCUT2D eigenvalue weighted by atomic mass is 10.0. The van der Waals surface area contributed by atoms with E-state index in [0.29, 0.717) is 10.7 Å². The van der Waals surface area contributed by atoms with E-state index in [0.717, 1.165) is 42.4 Å². The summed E-state index contributed by atoms with van der Waals surface area (Å²) in [5.41, 5.74) is 1.62. The molecule has 2 aromatic carbocycles. The number of carbonyl (C=O) groups is 1. The summed E-state index contributed by atoms with van der Waals surface area (Å²) >= 11 is 6.01. The van der Waals surface area contributed by atoms with Gasteiger partial charge in [0, 0.05) is 42.5 Å². The fraction of sp³-hybridized carbons (Fsp3) is 0.360. The molecule has 180 valence electrons. The molecule has 1 aliphatic heterocycles. The van der Waals surface area contributed by atoms with E-state index in [9.17, 15) is 18.3 Å². The molecule has 0 saturated carbocycles. The maximum absolute atomic E-state index is 13.1. The average molecular weight is 502 g/mol. The lowest BCUT2D eigenvalue weighted by Crippen LogP contribution is -2.45. The number of benzene rings is 2. The molecule has 4 rings (SSSR count). The van der Waals surface area contributed by atoms with Gasteiger partial charge in [0.25, 0.3) is 0 Å². The van der Waals surface area contributed by atoms with Crippen molar-refractivity contribution in [3.8, 4) is 0 Å². The van der Waals surface area contributed by atoms with Gasteiger partial charge in [0.15, 0.2) is 9.84 Å². The Balaban J connectivity index is 1.33. The van der Waals surface area contributed by atoms with Crippen molar-refractivity contribution < 1.29 is 18.3 Å². The molecule has 1 aromatic heterocycles. The molecule has 1 amide bonds. The highest BCUT2D eigenvalue weighted by molar-refractivity contribution is 7.92. The van der Waals surface area contributed by atoms with Gasteiger partial charge in [0.2, 0.25) is 5.91 Å². The van der Waals surface area contributed by atoms with E-state index in [1.165, 1.54) is 0 Å². The van der Waals surface area contributed by atoms with Crippen LogP contribution in [0.2, 0.25) is 5.02 Å². The Bertz CT molecular complexity index is 1290. The Kier molecular flexibility index (Phi) is 7.40. The van der Waals surface area contributed by atoms with Gasteiger partial charge in [-0.25, -0.2) is 8.42 Å². The summed E-state index contributed by atoms with van der Waals surface area (Å²) in [6.45, 7) is 2.99. The molecule has 9 heteroatoms. The van der Waals surface area contributed by atoms with Crippen molar-refractivity contribution in [2.24, 2.45) is 0 Å². The summed E-state index contributed by atoms with van der Waals surface area (Å²) in [5.74, 6) is -0.256. The fourth-order valence-corrected chi connectivity index (χ4v) is 5.86. The van der Waals surface area contributed by atoms with Gasteiger partial charge in [-0.2, -0.15) is 0 Å². The van der Waals surface area contributed by atoms with Crippen molar-refractivity contribution in [3.05, 3.63) is 65.4 Å². The zero-order valence-corrected chi connectivity index (χ0v) is 20.5. The first-order valence-corrected chi connectivity index (χ1v) is 13.2. The molecule has 0 radical (unpaired) electrons. The van der Waals surface area contributed by atoms with Crippen LogP contribution in [0.4, 0.5) is 5.69 Å². The van der Waals surface area contributed by atoms with Gasteiger partial charge in [-0.3, -0.25) is 9.78 Å². The molecule has 1 fully saturated rings. The lowest BCUT2D eigenvalue weighted by molar-refractivity contribution is -0.121. The third-order valence-corrected chi connectivity index (χ3v) is 8.66. The second-order valence-electron chi connectivity index (χ2n) is 8.71. The minimum atomic E-state index is -3.66. The number of hydrogen-bond donors (Lipinski definition) is 2. The highest BCUT2D eigenvalue weighted by Crippen LogP contribution is 2.26. The maximum Gasteiger partial charge on any atom is 0.221 e. The molecule has 0 bridgehead atoms. The number of nitrogens with one attached hydrogen (secondary N) is 1. The third-order valence-electron chi connectivity index (χ3n) is 6.29. The number of fused-ring (bicyclic) bond motifs is 1. The van der Waals surface area contributed by atoms with Crippen molar-refractivity contribution in [3.63, 3.8) is 0 Å². The number of anilines is 1. The summed E-state index contributed by atoms with van der Waals surface area (Å²) in [6.07, 6.45) is 3.11. The predicted octanol–water partition coefficient (Wildman–Crippen LogP) is 3.72. The highest BCUT2D eigenvalue weighted by atomic mass is 35.5. The number of nitrogens with zero attached hydrogens (tertiary/aromatic N) is 2. The second-order valence-corrected chi connectivity index (χ2v) is 11.5. The van der Waals surface area contributed by atoms with Crippen LogP contribution in [0, 0.1) is 0 Å². The van der Waals surface area contributed by atoms with Crippen molar-refractivity contribution in [2.45, 2.75) is 49.0 Å². The van der Waals surface area contributed by atoms with Gasteiger partial charge in [-0.1, -0.05) is 23.7 Å². The number of sulfone groups is 1. The number of rotatable bonds is 7. The van der Waals surface area contributed by atoms with Gasteiger partial charge in [-0.15, -0.1) is 0 Å². The van der Waals surface area contributed by atoms with Crippen molar-refractivity contribution in [1.29, 1.82) is 0 Å². The van der Waals surface area contributed by atoms with Crippen LogP contribution in [-0.2, 0) is 21.2 Å². The van der Waals surface area contributed by atoms with E-state index in [1.54, 1.807) is 49.5 Å². The molecule has 1 saturated heterocycles. The quantitative estimate of drug-likeness (QED) is 0.512. The second kappa shape index (κ2) is 10.3. The Hall–Kier alpha value is -2.68. The van der Waals surface area contributed by atoms with E-state index < -0.39 is 15.1 Å². The van der Waals surface area contributed by atoms with Gasteiger partial charge < -0.3 is 15.3 Å². The first kappa shape index (κ1) is 24.4. The standard InChI is InChI=1S/C25H28ClN3O4S/c1-17(34(32,33)24-5-3-18-13-20(26)4-2-19(18)14-24)12-25(31)28-21-7-10-29(11-8-21)23-6-9-27-22(15-23)16-30/h2-6,9,13-15,17,21,30H,7-8,10-12,16H2,1H3,(H,28,31). The van der Waals surface area contributed by atoms with Crippen LogP contribution in [0.15, 0.2) is 59.6 Å². The SMILES string of the molecule is CC(CC(=O)NC1CCN(c2ccnc(CO)c2)CC1)S(=O)(=O)c1ccc2cc(Cl)ccc2c1. The van der Waals surface area contributed by atoms with Gasteiger partial charge in [0.1, 0.15) is 0 Å². The maximum atomic E-state index is 13.1. The first-order chi connectivity index (χ1) is 16.3. The Labute approximate surface area is 204 Å². The molecule has 1 aliphatic rings. The van der Waals surface area contributed by atoms with Crippen LogP contribution in [0.25, 0.3) is 10.8 Å². The van der Waals surface area contributed by atoms with Crippen LogP contribution in [-0.4, -0.2) is 48.8 Å². The van der Waals surface area contributed by atoms with Crippen LogP contribution in [0.3, 0.4) is 0 Å². The minimum absolute atomic E-state index is 0.00298. The smallest absolute Gasteiger partial charge is 0.221 e. The molecule has 0 spiro atoms. The summed E-state index contributed by atoms with van der Waals surface area (Å²) in [6, 6.07) is 14.0. The molecule has 34 heavy (non-hydrogen) atoms. The summed E-state index contributed by atoms with van der Waals surface area (Å²) in [4.78, 5) is 19.2. The molecule has 3 aromatic rings. The van der Waals surface area contributed by atoms with Crippen LogP contribution in [0.1, 0.15) is 31.9 Å². The summed E-state index contributed by atoms with van der Waals surface area (Å²) in [5, 5.41) is 13.7. The van der Waals surface area contributed by atoms with E-state index in [4.69, 9.17) is 11.6 Å². The minimum Gasteiger partial charge on any atom is -0.390 e. The topological polar surface area (TPSA) is 99.6 Å². The molecule has 0 aliphatic carbocycles. The largest absolute Gasteiger partial charge is 0.390 e. The van der Waals surface area contributed by atoms with Crippen molar-refractivity contribution in [2.75, 3.05) is 18.0 Å². The highest BCUT2D eigenvalue weighted by Gasteiger charge is 2.28. The third kappa shape index (κ3) is 5.51. The lowest BCUT2D eigenvalue weighted by Gasteiger charge is -2.34. The van der Waals surface area contributed by atoms with Gasteiger partial charge in [0.05, 0.1) is 22.4 Å². The number of amides is 1. The zero-order valence-electron chi connectivity index (χ0n) is 18.9. The molecule has 7 nitrogen and oxygen atoms in total. The molecule has 1 unspecified atom stereocenters. The van der Waals surface area contributed by atoms with Crippen LogP contribution >= 0.6 is 11.6 Å². The number of aromatic nitrogens is 1. The number of aliphatic hydroxyl groups is 1. The summed E-state index contributed by atoms with van der Waals surface area (Å²) in [7, 11) is -3.66. The Morgan fingerprint density at radius 2 is 1.85 bits per heavy atom. The van der Waals surface area contributed by atoms with E-state index in [2.05, 4.69) is 15.2 Å². The number of piperidine rings is 1. The number of aliphatic hydroxyl groups excluding tert-OH is 1. The number of carbonyl (C=O) groups excluding carboxylic acids is 1. The number of halogens is 1. The van der Waals surface area contributed by atoms with E-state index >= 15 is 0 Å². The van der Waals surface area contributed by atoms with E-state index in [-0.39, 0.29) is 29.9 Å². The fourth-order valence-electron chi connectivity index (χ4n) is 4.29. The predicted molar refractivity (Wildman–Crippen MR) is 134 cm³/mol. The molecular formula is C25H28ClN3O4S. The van der Waals surface area contributed by atoms with Gasteiger partial charge in [-0.05, 0) is 66.9 Å². The normalized spacial score (nSPS) is 15.9. The zero-order chi connectivity index (χ0) is 24.3.